The highest BCUT2D eigenvalue weighted by Crippen LogP contribution is 2.20. The predicted octanol–water partition coefficient (Wildman–Crippen LogP) is 3.39. The quantitative estimate of drug-likeness (QED) is 0.642. The van der Waals surface area contributed by atoms with Gasteiger partial charge in [0.05, 0.1) is 24.9 Å². The Morgan fingerprint density at radius 2 is 2.00 bits per heavy atom. The first-order valence-electron chi connectivity index (χ1n) is 7.57. The molecule has 0 aliphatic heterocycles. The van der Waals surface area contributed by atoms with Crippen LogP contribution in [0.25, 0.3) is 0 Å². The fraction of sp³-hybridized carbons (Fsp3) is 0.333. The highest BCUT2D eigenvalue weighted by atomic mass is 35.5. The van der Waals surface area contributed by atoms with Crippen LogP contribution in [-0.2, 0) is 11.3 Å². The average Bonchev–Trinajstić information content (AvgIpc) is 2.81. The molecule has 0 saturated heterocycles. The van der Waals surface area contributed by atoms with E-state index in [1.54, 1.807) is 13.8 Å². The Kier molecular flexibility index (Phi) is 5.80. The lowest BCUT2D eigenvalue weighted by Crippen LogP contribution is -2.26. The second-order valence-corrected chi connectivity index (χ2v) is 6.28. The van der Waals surface area contributed by atoms with Crippen molar-refractivity contribution in [1.82, 2.24) is 9.88 Å². The standard InChI is InChI=1S/C18H21ClN2O3/c1-11-16(18(23)24-4)12(2)20-17(11)15(22)10-21(3)9-13-6-5-7-14(19)8-13/h5-8,20H,9-10H2,1-4H3. The van der Waals surface area contributed by atoms with Crippen molar-refractivity contribution in [1.29, 1.82) is 0 Å². The maximum Gasteiger partial charge on any atom is 0.339 e. The van der Waals surface area contributed by atoms with Crippen molar-refractivity contribution in [2.24, 2.45) is 0 Å². The topological polar surface area (TPSA) is 62.4 Å². The lowest BCUT2D eigenvalue weighted by atomic mass is 10.1. The largest absolute Gasteiger partial charge is 0.465 e. The zero-order valence-electron chi connectivity index (χ0n) is 14.3. The van der Waals surface area contributed by atoms with E-state index in [1.807, 2.05) is 36.2 Å². The second kappa shape index (κ2) is 7.64. The van der Waals surface area contributed by atoms with Crippen molar-refractivity contribution in [2.45, 2.75) is 20.4 Å². The number of nitrogens with one attached hydrogen (secondary N) is 1. The number of H-pyrrole nitrogens is 1. The van der Waals surface area contributed by atoms with Crippen molar-refractivity contribution in [2.75, 3.05) is 20.7 Å². The monoisotopic (exact) mass is 348 g/mol. The van der Waals surface area contributed by atoms with Crippen LogP contribution in [0.1, 0.15) is 37.7 Å². The van der Waals surface area contributed by atoms with Crippen LogP contribution in [0.3, 0.4) is 0 Å². The van der Waals surface area contributed by atoms with Crippen LogP contribution < -0.4 is 0 Å². The molecule has 2 aromatic rings. The molecule has 0 aliphatic carbocycles. The minimum absolute atomic E-state index is 0.0738. The molecule has 6 heteroatoms. The zero-order chi connectivity index (χ0) is 17.9. The van der Waals surface area contributed by atoms with Crippen LogP contribution in [0.2, 0.25) is 5.02 Å². The number of ether oxygens (including phenoxy) is 1. The average molecular weight is 349 g/mol. The Morgan fingerprint density at radius 1 is 1.29 bits per heavy atom. The number of aromatic amines is 1. The molecule has 1 N–H and O–H groups in total. The molecule has 1 aromatic heterocycles. The molecule has 1 aromatic carbocycles. The van der Waals surface area contributed by atoms with E-state index in [0.717, 1.165) is 5.56 Å². The molecule has 0 radical (unpaired) electrons. The van der Waals surface area contributed by atoms with Gasteiger partial charge in [-0.15, -0.1) is 0 Å². The molecular formula is C18H21ClN2O3. The normalized spacial score (nSPS) is 10.9. The van der Waals surface area contributed by atoms with Gasteiger partial charge in [-0.1, -0.05) is 23.7 Å². The number of methoxy groups -OCH3 is 1. The smallest absolute Gasteiger partial charge is 0.339 e. The molecule has 0 saturated carbocycles. The number of esters is 1. The number of aromatic nitrogens is 1. The Balaban J connectivity index is 2.11. The lowest BCUT2D eigenvalue weighted by Gasteiger charge is -2.16. The molecule has 24 heavy (non-hydrogen) atoms. The van der Waals surface area contributed by atoms with E-state index >= 15 is 0 Å². The van der Waals surface area contributed by atoms with E-state index in [0.29, 0.717) is 34.1 Å². The first-order chi connectivity index (χ1) is 11.3. The van der Waals surface area contributed by atoms with E-state index in [2.05, 4.69) is 4.98 Å². The molecular weight excluding hydrogens is 328 g/mol. The minimum atomic E-state index is -0.437. The summed E-state index contributed by atoms with van der Waals surface area (Å²) in [5.74, 6) is -0.511. The van der Waals surface area contributed by atoms with E-state index in [-0.39, 0.29) is 12.3 Å². The van der Waals surface area contributed by atoms with Crippen LogP contribution in [0, 0.1) is 13.8 Å². The number of aryl methyl sites for hydroxylation is 1. The number of nitrogens with zero attached hydrogens (tertiary/aromatic N) is 1. The fourth-order valence-electron chi connectivity index (χ4n) is 2.76. The Bertz CT molecular complexity index is 768. The number of carbonyl (C=O) groups excluding carboxylic acids is 2. The minimum Gasteiger partial charge on any atom is -0.465 e. The van der Waals surface area contributed by atoms with Gasteiger partial charge in [-0.2, -0.15) is 0 Å². The summed E-state index contributed by atoms with van der Waals surface area (Å²) in [6.07, 6.45) is 0. The summed E-state index contributed by atoms with van der Waals surface area (Å²) in [5, 5.41) is 0.672. The summed E-state index contributed by atoms with van der Waals surface area (Å²) in [6.45, 7) is 4.34. The SMILES string of the molecule is COC(=O)c1c(C)[nH]c(C(=O)CN(C)Cc2cccc(Cl)c2)c1C. The number of hydrogen-bond acceptors (Lipinski definition) is 4. The van der Waals surface area contributed by atoms with E-state index in [9.17, 15) is 9.59 Å². The number of likely N-dealkylation sites (N-methyl/N-ethyl adjacent to an activating group) is 1. The first kappa shape index (κ1) is 18.2. The Morgan fingerprint density at radius 3 is 2.62 bits per heavy atom. The van der Waals surface area contributed by atoms with Crippen LogP contribution in [0.15, 0.2) is 24.3 Å². The molecule has 0 unspecified atom stereocenters. The number of benzene rings is 1. The number of carbonyl (C=O) groups is 2. The number of hydrogen-bond donors (Lipinski definition) is 1. The van der Waals surface area contributed by atoms with Gasteiger partial charge in [0, 0.05) is 17.3 Å². The number of rotatable bonds is 6. The molecule has 0 atom stereocenters. The summed E-state index contributed by atoms with van der Waals surface area (Å²) in [4.78, 5) is 29.3. The molecule has 0 spiro atoms. The number of Topliss-reactive ketones (excluding diaryl/α,β-unsaturated/α-hetero) is 1. The van der Waals surface area contributed by atoms with Crippen molar-refractivity contribution >= 4 is 23.4 Å². The van der Waals surface area contributed by atoms with Gasteiger partial charge in [0.2, 0.25) is 0 Å². The van der Waals surface area contributed by atoms with Crippen molar-refractivity contribution in [3.63, 3.8) is 0 Å². The third kappa shape index (κ3) is 4.04. The zero-order valence-corrected chi connectivity index (χ0v) is 15.0. The van der Waals surface area contributed by atoms with E-state index < -0.39 is 5.97 Å². The van der Waals surface area contributed by atoms with Gasteiger partial charge in [-0.05, 0) is 44.2 Å². The highest BCUT2D eigenvalue weighted by Gasteiger charge is 2.22. The molecule has 0 aliphatic rings. The van der Waals surface area contributed by atoms with Gasteiger partial charge in [0.1, 0.15) is 0 Å². The Hall–Kier alpha value is -2.11. The molecule has 5 nitrogen and oxygen atoms in total. The lowest BCUT2D eigenvalue weighted by molar-refractivity contribution is 0.0599. The Labute approximate surface area is 146 Å². The third-order valence-electron chi connectivity index (χ3n) is 3.86. The molecule has 0 bridgehead atoms. The van der Waals surface area contributed by atoms with Crippen molar-refractivity contribution in [3.05, 3.63) is 57.4 Å². The van der Waals surface area contributed by atoms with Crippen LogP contribution >= 0.6 is 11.6 Å². The summed E-state index contributed by atoms with van der Waals surface area (Å²) in [5.41, 5.74) is 3.18. The molecule has 2 rings (SSSR count). The number of halogens is 1. The number of ketones is 1. The van der Waals surface area contributed by atoms with Gasteiger partial charge in [0.25, 0.3) is 0 Å². The van der Waals surface area contributed by atoms with Crippen LogP contribution in [0.5, 0.6) is 0 Å². The predicted molar refractivity (Wildman–Crippen MR) is 93.7 cm³/mol. The van der Waals surface area contributed by atoms with Gasteiger partial charge in [-0.3, -0.25) is 9.69 Å². The summed E-state index contributed by atoms with van der Waals surface area (Å²) < 4.78 is 4.77. The van der Waals surface area contributed by atoms with Gasteiger partial charge in [-0.25, -0.2) is 4.79 Å². The van der Waals surface area contributed by atoms with Gasteiger partial charge >= 0.3 is 5.97 Å². The summed E-state index contributed by atoms with van der Waals surface area (Å²) in [7, 11) is 3.19. The highest BCUT2D eigenvalue weighted by molar-refractivity contribution is 6.30. The summed E-state index contributed by atoms with van der Waals surface area (Å²) in [6, 6.07) is 7.54. The van der Waals surface area contributed by atoms with E-state index in [1.165, 1.54) is 7.11 Å². The second-order valence-electron chi connectivity index (χ2n) is 5.84. The third-order valence-corrected chi connectivity index (χ3v) is 4.10. The molecule has 0 amide bonds. The first-order valence-corrected chi connectivity index (χ1v) is 7.95. The molecule has 0 fully saturated rings. The van der Waals surface area contributed by atoms with Gasteiger partial charge in [0.15, 0.2) is 5.78 Å². The molecule has 128 valence electrons. The van der Waals surface area contributed by atoms with Crippen LogP contribution in [-0.4, -0.2) is 42.3 Å². The van der Waals surface area contributed by atoms with Crippen molar-refractivity contribution < 1.29 is 14.3 Å². The van der Waals surface area contributed by atoms with Crippen LogP contribution in [0.4, 0.5) is 0 Å². The maximum absolute atomic E-state index is 12.6. The maximum atomic E-state index is 12.6. The van der Waals surface area contributed by atoms with Crippen molar-refractivity contribution in [3.8, 4) is 0 Å². The fourth-order valence-corrected chi connectivity index (χ4v) is 2.98. The van der Waals surface area contributed by atoms with Gasteiger partial charge < -0.3 is 9.72 Å². The molecule has 1 heterocycles. The van der Waals surface area contributed by atoms with E-state index in [4.69, 9.17) is 16.3 Å². The summed E-state index contributed by atoms with van der Waals surface area (Å²) >= 11 is 5.98.